The van der Waals surface area contributed by atoms with Crippen molar-refractivity contribution < 1.29 is 4.79 Å². The molecule has 1 N–H and O–H groups in total. The van der Waals surface area contributed by atoms with Gasteiger partial charge in [-0.05, 0) is 52.9 Å². The van der Waals surface area contributed by atoms with E-state index in [-0.39, 0.29) is 5.91 Å². The third kappa shape index (κ3) is 4.26. The zero-order valence-corrected chi connectivity index (χ0v) is 17.2. The van der Waals surface area contributed by atoms with Crippen LogP contribution in [-0.2, 0) is 0 Å². The van der Waals surface area contributed by atoms with Crippen LogP contribution in [0.2, 0.25) is 0 Å². The van der Waals surface area contributed by atoms with Crippen molar-refractivity contribution in [1.29, 1.82) is 0 Å². The molecule has 0 spiro atoms. The van der Waals surface area contributed by atoms with Crippen molar-refractivity contribution in [3.63, 3.8) is 0 Å². The van der Waals surface area contributed by atoms with Crippen molar-refractivity contribution >= 4 is 45.5 Å². The standard InChI is InChI=1S/C22H15IN2OS/c23-18-10-4-9-17(12-18)21(26)24-19-11-5-8-16(13-19)20-14-27-22(25-20)15-6-2-1-3-7-15/h1-14H,(H,24,26). The summed E-state index contributed by atoms with van der Waals surface area (Å²) in [5, 5.41) is 6.00. The van der Waals surface area contributed by atoms with E-state index >= 15 is 0 Å². The lowest BCUT2D eigenvalue weighted by atomic mass is 10.1. The third-order valence-electron chi connectivity index (χ3n) is 4.03. The van der Waals surface area contributed by atoms with Crippen LogP contribution in [0.4, 0.5) is 5.69 Å². The van der Waals surface area contributed by atoms with Crippen molar-refractivity contribution in [2.75, 3.05) is 5.32 Å². The van der Waals surface area contributed by atoms with Gasteiger partial charge in [0.15, 0.2) is 0 Å². The van der Waals surface area contributed by atoms with Crippen LogP contribution in [0.25, 0.3) is 21.8 Å². The second-order valence-corrected chi connectivity index (χ2v) is 8.05. The van der Waals surface area contributed by atoms with Crippen molar-refractivity contribution in [3.8, 4) is 21.8 Å². The number of rotatable bonds is 4. The van der Waals surface area contributed by atoms with Gasteiger partial charge >= 0.3 is 0 Å². The number of carbonyl (C=O) groups is 1. The van der Waals surface area contributed by atoms with E-state index in [2.05, 4.69) is 40.0 Å². The van der Waals surface area contributed by atoms with Gasteiger partial charge in [-0.2, -0.15) is 0 Å². The first-order valence-corrected chi connectivity index (χ1v) is 10.3. The predicted molar refractivity (Wildman–Crippen MR) is 120 cm³/mol. The van der Waals surface area contributed by atoms with Crippen LogP contribution in [0.5, 0.6) is 0 Å². The lowest BCUT2D eigenvalue weighted by Gasteiger charge is -2.07. The van der Waals surface area contributed by atoms with Crippen LogP contribution in [0.15, 0.2) is 84.2 Å². The number of aromatic nitrogens is 1. The highest BCUT2D eigenvalue weighted by Gasteiger charge is 2.09. The zero-order valence-electron chi connectivity index (χ0n) is 14.2. The van der Waals surface area contributed by atoms with Gasteiger partial charge in [0.05, 0.1) is 5.69 Å². The van der Waals surface area contributed by atoms with Gasteiger partial charge in [0.2, 0.25) is 0 Å². The van der Waals surface area contributed by atoms with Gasteiger partial charge in [0, 0.05) is 31.3 Å². The number of hydrogen-bond donors (Lipinski definition) is 1. The van der Waals surface area contributed by atoms with Crippen LogP contribution in [0.3, 0.4) is 0 Å². The second kappa shape index (κ2) is 8.02. The SMILES string of the molecule is O=C(Nc1cccc(-c2csc(-c3ccccc3)n2)c1)c1cccc(I)c1. The van der Waals surface area contributed by atoms with Crippen molar-refractivity contribution in [1.82, 2.24) is 4.98 Å². The fourth-order valence-corrected chi connectivity index (χ4v) is 4.09. The van der Waals surface area contributed by atoms with Gasteiger partial charge in [-0.1, -0.05) is 48.5 Å². The minimum atomic E-state index is -0.117. The van der Waals surface area contributed by atoms with Gasteiger partial charge in [0.1, 0.15) is 5.01 Å². The molecule has 0 aliphatic carbocycles. The summed E-state index contributed by atoms with van der Waals surface area (Å²) < 4.78 is 1.03. The highest BCUT2D eigenvalue weighted by atomic mass is 127. The maximum Gasteiger partial charge on any atom is 0.255 e. The Balaban J connectivity index is 1.56. The van der Waals surface area contributed by atoms with Crippen LogP contribution in [0, 0.1) is 3.57 Å². The molecule has 0 atom stereocenters. The summed E-state index contributed by atoms with van der Waals surface area (Å²) in [4.78, 5) is 17.2. The lowest BCUT2D eigenvalue weighted by molar-refractivity contribution is 0.102. The van der Waals surface area contributed by atoms with E-state index in [0.717, 1.165) is 31.1 Å². The summed E-state index contributed by atoms with van der Waals surface area (Å²) >= 11 is 3.82. The maximum atomic E-state index is 12.5. The molecular weight excluding hydrogens is 467 g/mol. The first-order valence-electron chi connectivity index (χ1n) is 8.37. The van der Waals surface area contributed by atoms with Gasteiger partial charge < -0.3 is 5.32 Å². The molecule has 132 valence electrons. The van der Waals surface area contributed by atoms with E-state index in [9.17, 15) is 4.79 Å². The summed E-state index contributed by atoms with van der Waals surface area (Å²) in [5.74, 6) is -0.117. The Labute approximate surface area is 175 Å². The first kappa shape index (κ1) is 17.9. The smallest absolute Gasteiger partial charge is 0.255 e. The van der Waals surface area contributed by atoms with E-state index in [0.29, 0.717) is 5.56 Å². The van der Waals surface area contributed by atoms with Crippen LogP contribution in [-0.4, -0.2) is 10.9 Å². The third-order valence-corrected chi connectivity index (χ3v) is 5.59. The summed E-state index contributed by atoms with van der Waals surface area (Å²) in [6.07, 6.45) is 0. The monoisotopic (exact) mass is 482 g/mol. The number of carbonyl (C=O) groups excluding carboxylic acids is 1. The number of thiazole rings is 1. The molecule has 4 rings (SSSR count). The Morgan fingerprint density at radius 3 is 2.48 bits per heavy atom. The average Bonchev–Trinajstić information content (AvgIpc) is 3.19. The molecule has 5 heteroatoms. The Hall–Kier alpha value is -2.51. The van der Waals surface area contributed by atoms with E-state index < -0.39 is 0 Å². The van der Waals surface area contributed by atoms with Crippen molar-refractivity contribution in [2.24, 2.45) is 0 Å². The summed E-state index contributed by atoms with van der Waals surface area (Å²) in [5.41, 5.74) is 4.40. The summed E-state index contributed by atoms with van der Waals surface area (Å²) in [6, 6.07) is 25.4. The van der Waals surface area contributed by atoms with Gasteiger partial charge in [0.25, 0.3) is 5.91 Å². The van der Waals surface area contributed by atoms with Gasteiger partial charge in [-0.3, -0.25) is 4.79 Å². The largest absolute Gasteiger partial charge is 0.322 e. The van der Waals surface area contributed by atoms with Crippen molar-refractivity contribution in [3.05, 3.63) is 93.4 Å². The van der Waals surface area contributed by atoms with Crippen molar-refractivity contribution in [2.45, 2.75) is 0 Å². The number of nitrogens with zero attached hydrogens (tertiary/aromatic N) is 1. The van der Waals surface area contributed by atoms with E-state index in [1.54, 1.807) is 11.3 Å². The molecule has 0 bridgehead atoms. The molecular formula is C22H15IN2OS. The zero-order chi connectivity index (χ0) is 18.6. The highest BCUT2D eigenvalue weighted by Crippen LogP contribution is 2.30. The number of halogens is 1. The number of nitrogens with one attached hydrogen (secondary N) is 1. The molecule has 0 saturated heterocycles. The highest BCUT2D eigenvalue weighted by molar-refractivity contribution is 14.1. The fourth-order valence-electron chi connectivity index (χ4n) is 2.71. The van der Waals surface area contributed by atoms with Crippen LogP contribution in [0.1, 0.15) is 10.4 Å². The molecule has 3 aromatic carbocycles. The normalized spacial score (nSPS) is 10.6. The molecule has 0 radical (unpaired) electrons. The van der Waals surface area contributed by atoms with Gasteiger partial charge in [-0.15, -0.1) is 11.3 Å². The Morgan fingerprint density at radius 1 is 0.889 bits per heavy atom. The topological polar surface area (TPSA) is 42.0 Å². The molecule has 0 unspecified atom stereocenters. The maximum absolute atomic E-state index is 12.5. The Morgan fingerprint density at radius 2 is 1.67 bits per heavy atom. The molecule has 0 aliphatic heterocycles. The van der Waals surface area contributed by atoms with E-state index in [1.807, 2.05) is 72.1 Å². The second-order valence-electron chi connectivity index (χ2n) is 5.95. The Bertz CT molecular complexity index is 1090. The van der Waals surface area contributed by atoms with Crippen LogP contribution < -0.4 is 5.32 Å². The molecule has 4 aromatic rings. The molecule has 0 saturated carbocycles. The number of benzene rings is 3. The molecule has 1 heterocycles. The predicted octanol–water partition coefficient (Wildman–Crippen LogP) is 6.33. The molecule has 27 heavy (non-hydrogen) atoms. The first-order chi connectivity index (χ1) is 13.2. The number of hydrogen-bond acceptors (Lipinski definition) is 3. The van der Waals surface area contributed by atoms with Gasteiger partial charge in [-0.25, -0.2) is 4.98 Å². The molecule has 0 fully saturated rings. The average molecular weight is 482 g/mol. The summed E-state index contributed by atoms with van der Waals surface area (Å²) in [6.45, 7) is 0. The quantitative estimate of drug-likeness (QED) is 0.345. The Kier molecular flexibility index (Phi) is 5.31. The number of amides is 1. The molecule has 3 nitrogen and oxygen atoms in total. The fraction of sp³-hybridized carbons (Fsp3) is 0. The summed E-state index contributed by atoms with van der Waals surface area (Å²) in [7, 11) is 0. The number of anilines is 1. The van der Waals surface area contributed by atoms with E-state index in [4.69, 9.17) is 4.98 Å². The van der Waals surface area contributed by atoms with Crippen LogP contribution >= 0.6 is 33.9 Å². The minimum Gasteiger partial charge on any atom is -0.322 e. The minimum absolute atomic E-state index is 0.117. The molecule has 1 amide bonds. The van der Waals surface area contributed by atoms with E-state index in [1.165, 1.54) is 0 Å². The molecule has 0 aliphatic rings. The molecule has 1 aromatic heterocycles. The lowest BCUT2D eigenvalue weighted by Crippen LogP contribution is -2.11.